The van der Waals surface area contributed by atoms with Crippen LogP contribution in [-0.4, -0.2) is 5.97 Å². The van der Waals surface area contributed by atoms with Crippen LogP contribution in [0.4, 0.5) is 8.39 Å². The summed E-state index contributed by atoms with van der Waals surface area (Å²) < 4.78 is 40.5. The van der Waals surface area contributed by atoms with Crippen LogP contribution in [0, 0.1) is 0 Å². The number of rotatable bonds is 6. The maximum Gasteiger partial charge on any atom is 0.407 e. The predicted molar refractivity (Wildman–Crippen MR) is 79.9 cm³/mol. The highest BCUT2D eigenvalue weighted by atomic mass is 31.2. The first-order valence-corrected chi connectivity index (χ1v) is 8.35. The fraction of sp³-hybridized carbons (Fsp3) is 0.188. The highest BCUT2D eigenvalue weighted by molar-refractivity contribution is 7.52. The zero-order valence-corrected chi connectivity index (χ0v) is 12.6. The van der Waals surface area contributed by atoms with Crippen molar-refractivity contribution in [2.45, 2.75) is 19.2 Å². The average molecular weight is 324 g/mol. The van der Waals surface area contributed by atoms with Gasteiger partial charge in [0, 0.05) is 0 Å². The summed E-state index contributed by atoms with van der Waals surface area (Å²) in [6.07, 6.45) is -0.679. The standard InChI is InChI=1S/C16H15F2O3P/c17-22(18,20)12-15-8-6-13(7-9-15)10-16(19)21-11-14-4-2-1-3-5-14/h1-9H,10-12H2. The van der Waals surface area contributed by atoms with Gasteiger partial charge in [0.15, 0.2) is 0 Å². The van der Waals surface area contributed by atoms with Gasteiger partial charge in [-0.15, -0.1) is 0 Å². The molecule has 0 radical (unpaired) electrons. The van der Waals surface area contributed by atoms with E-state index in [1.54, 1.807) is 12.1 Å². The molecule has 2 aromatic rings. The lowest BCUT2D eigenvalue weighted by molar-refractivity contribution is -0.144. The summed E-state index contributed by atoms with van der Waals surface area (Å²) in [5, 5.41) is 0. The first-order valence-electron chi connectivity index (χ1n) is 6.68. The van der Waals surface area contributed by atoms with Gasteiger partial charge in [-0.3, -0.25) is 4.79 Å². The Kier molecular flexibility index (Phi) is 5.45. The maximum atomic E-state index is 12.5. The smallest absolute Gasteiger partial charge is 0.407 e. The first kappa shape index (κ1) is 16.4. The molecule has 116 valence electrons. The molecule has 6 heteroatoms. The zero-order valence-electron chi connectivity index (χ0n) is 11.7. The molecule has 3 nitrogen and oxygen atoms in total. The molecule has 0 aromatic heterocycles. The number of carbonyl (C=O) groups excluding carboxylic acids is 1. The molecule has 0 heterocycles. The zero-order chi connectivity index (χ0) is 16.0. The number of esters is 1. The molecule has 0 aliphatic carbocycles. The molecule has 0 bridgehead atoms. The fourth-order valence-corrected chi connectivity index (χ4v) is 2.57. The normalized spacial score (nSPS) is 11.2. The van der Waals surface area contributed by atoms with Crippen molar-refractivity contribution in [1.82, 2.24) is 0 Å². The number of hydrogen-bond donors (Lipinski definition) is 0. The Morgan fingerprint density at radius 1 is 0.909 bits per heavy atom. The molecule has 0 saturated carbocycles. The average Bonchev–Trinajstić information content (AvgIpc) is 2.47. The van der Waals surface area contributed by atoms with Gasteiger partial charge in [0.25, 0.3) is 0 Å². The van der Waals surface area contributed by atoms with Crippen LogP contribution >= 0.6 is 7.76 Å². The lowest BCUT2D eigenvalue weighted by Crippen LogP contribution is -2.08. The molecule has 2 aromatic carbocycles. The number of hydrogen-bond acceptors (Lipinski definition) is 3. The van der Waals surface area contributed by atoms with E-state index in [1.165, 1.54) is 12.1 Å². The van der Waals surface area contributed by atoms with Gasteiger partial charge >= 0.3 is 13.7 Å². The summed E-state index contributed by atoms with van der Waals surface area (Å²) in [7, 11) is -5.07. The number of benzene rings is 2. The largest absolute Gasteiger partial charge is 0.461 e. The molecular formula is C16H15F2O3P. The van der Waals surface area contributed by atoms with Crippen molar-refractivity contribution in [3.8, 4) is 0 Å². The Balaban J connectivity index is 1.85. The summed E-state index contributed by atoms with van der Waals surface area (Å²) in [5.41, 5.74) is 1.84. The SMILES string of the molecule is O=C(Cc1ccc(CP(=O)(F)F)cc1)OCc1ccccc1. The van der Waals surface area contributed by atoms with Crippen molar-refractivity contribution in [2.75, 3.05) is 0 Å². The van der Waals surface area contributed by atoms with E-state index >= 15 is 0 Å². The third-order valence-corrected chi connectivity index (χ3v) is 3.71. The highest BCUT2D eigenvalue weighted by Gasteiger charge is 2.19. The quantitative estimate of drug-likeness (QED) is 0.576. The second-order valence-corrected chi connectivity index (χ2v) is 6.32. The molecular weight excluding hydrogens is 309 g/mol. The minimum absolute atomic E-state index is 0.0655. The van der Waals surface area contributed by atoms with Gasteiger partial charge in [-0.05, 0) is 16.7 Å². The Morgan fingerprint density at radius 2 is 1.50 bits per heavy atom. The van der Waals surface area contributed by atoms with E-state index in [0.717, 1.165) is 5.56 Å². The fourth-order valence-electron chi connectivity index (χ4n) is 1.93. The van der Waals surface area contributed by atoms with Gasteiger partial charge in [-0.25, -0.2) is 4.57 Å². The van der Waals surface area contributed by atoms with Crippen LogP contribution in [-0.2, 0) is 33.3 Å². The van der Waals surface area contributed by atoms with Gasteiger partial charge < -0.3 is 4.74 Å². The Morgan fingerprint density at radius 3 is 2.09 bits per heavy atom. The first-order chi connectivity index (χ1) is 10.4. The van der Waals surface area contributed by atoms with Crippen molar-refractivity contribution >= 4 is 13.7 Å². The van der Waals surface area contributed by atoms with Crippen LogP contribution in [0.3, 0.4) is 0 Å². The van der Waals surface area contributed by atoms with Crippen LogP contribution in [0.25, 0.3) is 0 Å². The Hall–Kier alpha value is -2.00. The molecule has 0 spiro atoms. The minimum atomic E-state index is -5.07. The van der Waals surface area contributed by atoms with Crippen molar-refractivity contribution in [3.05, 3.63) is 71.3 Å². The summed E-state index contributed by atoms with van der Waals surface area (Å²) in [4.78, 5) is 11.7. The Bertz CT molecular complexity index is 666. The van der Waals surface area contributed by atoms with E-state index in [4.69, 9.17) is 4.74 Å². The summed E-state index contributed by atoms with van der Waals surface area (Å²) >= 11 is 0. The van der Waals surface area contributed by atoms with Gasteiger partial charge in [-0.1, -0.05) is 54.6 Å². The van der Waals surface area contributed by atoms with E-state index in [1.807, 2.05) is 30.3 Å². The van der Waals surface area contributed by atoms with Crippen molar-refractivity contribution in [3.63, 3.8) is 0 Å². The minimum Gasteiger partial charge on any atom is -0.461 e. The van der Waals surface area contributed by atoms with E-state index < -0.39 is 19.9 Å². The highest BCUT2D eigenvalue weighted by Crippen LogP contribution is 2.52. The van der Waals surface area contributed by atoms with Crippen LogP contribution in [0.2, 0.25) is 0 Å². The molecule has 22 heavy (non-hydrogen) atoms. The van der Waals surface area contributed by atoms with Crippen molar-refractivity contribution in [2.24, 2.45) is 0 Å². The maximum absolute atomic E-state index is 12.5. The van der Waals surface area contributed by atoms with Gasteiger partial charge in [-0.2, -0.15) is 8.39 Å². The van der Waals surface area contributed by atoms with Gasteiger partial charge in [0.2, 0.25) is 0 Å². The van der Waals surface area contributed by atoms with Crippen LogP contribution in [0.5, 0.6) is 0 Å². The van der Waals surface area contributed by atoms with E-state index in [9.17, 15) is 17.8 Å². The summed E-state index contributed by atoms with van der Waals surface area (Å²) in [5.74, 6) is -0.391. The lowest BCUT2D eigenvalue weighted by Gasteiger charge is -2.06. The van der Waals surface area contributed by atoms with E-state index in [0.29, 0.717) is 5.56 Å². The molecule has 0 aliphatic heterocycles. The monoisotopic (exact) mass is 324 g/mol. The predicted octanol–water partition coefficient (Wildman–Crippen LogP) is 4.60. The molecule has 0 unspecified atom stereocenters. The molecule has 0 saturated heterocycles. The molecule has 0 N–H and O–H groups in total. The van der Waals surface area contributed by atoms with Gasteiger partial charge in [0.05, 0.1) is 12.6 Å². The third-order valence-electron chi connectivity index (χ3n) is 2.98. The number of ether oxygens (including phenoxy) is 1. The molecule has 0 amide bonds. The van der Waals surface area contributed by atoms with Crippen molar-refractivity contribution < 1.29 is 22.5 Å². The summed E-state index contributed by atoms with van der Waals surface area (Å²) in [6.45, 7) is 0.199. The number of halogens is 2. The molecule has 0 fully saturated rings. The van der Waals surface area contributed by atoms with Crippen LogP contribution < -0.4 is 0 Å². The third kappa shape index (κ3) is 5.78. The second kappa shape index (κ2) is 7.32. The Labute approximate surface area is 127 Å². The van der Waals surface area contributed by atoms with Gasteiger partial charge in [0.1, 0.15) is 6.61 Å². The lowest BCUT2D eigenvalue weighted by atomic mass is 10.1. The van der Waals surface area contributed by atoms with E-state index in [2.05, 4.69) is 0 Å². The molecule has 0 aliphatic rings. The van der Waals surface area contributed by atoms with Crippen LogP contribution in [0.15, 0.2) is 54.6 Å². The van der Waals surface area contributed by atoms with Crippen molar-refractivity contribution in [1.29, 1.82) is 0 Å². The summed E-state index contributed by atoms with van der Waals surface area (Å²) in [6, 6.07) is 15.3. The molecule has 2 rings (SSSR count). The second-order valence-electron chi connectivity index (χ2n) is 4.87. The van der Waals surface area contributed by atoms with Crippen LogP contribution in [0.1, 0.15) is 16.7 Å². The van der Waals surface area contributed by atoms with E-state index in [-0.39, 0.29) is 18.6 Å². The topological polar surface area (TPSA) is 43.4 Å². The number of carbonyl (C=O) groups is 1. The molecule has 0 atom stereocenters.